The monoisotopic (exact) mass is 460 g/mol. The van der Waals surface area contributed by atoms with Crippen molar-refractivity contribution in [1.29, 1.82) is 0 Å². The number of anilines is 1. The highest BCUT2D eigenvalue weighted by molar-refractivity contribution is 7.71. The van der Waals surface area contributed by atoms with Crippen molar-refractivity contribution < 1.29 is 22.8 Å². The van der Waals surface area contributed by atoms with E-state index in [1.807, 2.05) is 0 Å². The smallest absolute Gasteiger partial charge is 0.326 e. The zero-order chi connectivity index (χ0) is 23.1. The summed E-state index contributed by atoms with van der Waals surface area (Å²) in [6.45, 7) is -0.0143. The van der Waals surface area contributed by atoms with Crippen molar-refractivity contribution in [2.24, 2.45) is 0 Å². The third kappa shape index (κ3) is 3.40. The number of amides is 2. The van der Waals surface area contributed by atoms with Crippen LogP contribution in [0.2, 0.25) is 0 Å². The van der Waals surface area contributed by atoms with Crippen LogP contribution in [0.25, 0.3) is 0 Å². The van der Waals surface area contributed by atoms with E-state index in [1.165, 1.54) is 28.8 Å². The quantitative estimate of drug-likeness (QED) is 0.522. The van der Waals surface area contributed by atoms with Gasteiger partial charge in [-0.1, -0.05) is 48.5 Å². The number of benzene rings is 2. The molecular weight excluding hydrogens is 445 g/mol. The van der Waals surface area contributed by atoms with Crippen molar-refractivity contribution in [3.05, 3.63) is 92.5 Å². The zero-order valence-corrected chi connectivity index (χ0v) is 17.0. The molecule has 0 saturated heterocycles. The number of fused-ring (bicyclic) bond motifs is 1. The summed E-state index contributed by atoms with van der Waals surface area (Å²) in [4.78, 5) is 40.3. The normalized spacial score (nSPS) is 17.5. The van der Waals surface area contributed by atoms with Crippen LogP contribution < -0.4 is 16.2 Å². The van der Waals surface area contributed by atoms with Gasteiger partial charge in [0.1, 0.15) is 11.4 Å². The van der Waals surface area contributed by atoms with E-state index in [4.69, 9.17) is 12.2 Å². The number of rotatable bonds is 4. The molecule has 3 aromatic rings. The summed E-state index contributed by atoms with van der Waals surface area (Å²) in [5.74, 6) is -3.18. The van der Waals surface area contributed by atoms with Crippen molar-refractivity contribution in [2.75, 3.05) is 5.32 Å². The highest BCUT2D eigenvalue weighted by Gasteiger charge is 2.68. The average Bonchev–Trinajstić information content (AvgIpc) is 3.06. The molecule has 0 unspecified atom stereocenters. The molecule has 0 radical (unpaired) electrons. The Morgan fingerprint density at radius 3 is 2.22 bits per heavy atom. The SMILES string of the molecule is O=C(N[C@@]1(C(F)(F)F)C(=O)Nc2c1c(=O)[nH]c(=S)n2Cc1ccccc1)c1ccccc1. The van der Waals surface area contributed by atoms with Gasteiger partial charge in [-0.15, -0.1) is 0 Å². The molecule has 1 aliphatic heterocycles. The fourth-order valence-electron chi connectivity index (χ4n) is 3.57. The second-order valence-corrected chi connectivity index (χ2v) is 7.46. The molecule has 3 N–H and O–H groups in total. The number of carbonyl (C=O) groups excluding carboxylic acids is 2. The Morgan fingerprint density at radius 1 is 1.03 bits per heavy atom. The van der Waals surface area contributed by atoms with E-state index < -0.39 is 40.5 Å². The van der Waals surface area contributed by atoms with Crippen LogP contribution in [0.3, 0.4) is 0 Å². The van der Waals surface area contributed by atoms with Gasteiger partial charge in [0.15, 0.2) is 4.77 Å². The van der Waals surface area contributed by atoms with Crippen molar-refractivity contribution >= 4 is 29.9 Å². The highest BCUT2D eigenvalue weighted by atomic mass is 32.1. The molecule has 164 valence electrons. The minimum absolute atomic E-state index is 0.0143. The van der Waals surface area contributed by atoms with Crippen LogP contribution in [-0.2, 0) is 16.9 Å². The van der Waals surface area contributed by atoms with E-state index in [2.05, 4.69) is 10.3 Å². The predicted molar refractivity (Wildman–Crippen MR) is 112 cm³/mol. The maximum absolute atomic E-state index is 14.4. The summed E-state index contributed by atoms with van der Waals surface area (Å²) in [7, 11) is 0. The zero-order valence-electron chi connectivity index (χ0n) is 16.2. The van der Waals surface area contributed by atoms with Crippen molar-refractivity contribution in [1.82, 2.24) is 14.9 Å². The summed E-state index contributed by atoms with van der Waals surface area (Å²) in [5, 5.41) is 3.89. The van der Waals surface area contributed by atoms with E-state index >= 15 is 0 Å². The summed E-state index contributed by atoms with van der Waals surface area (Å²) in [6.07, 6.45) is -5.33. The lowest BCUT2D eigenvalue weighted by atomic mass is 9.91. The molecule has 0 spiro atoms. The lowest BCUT2D eigenvalue weighted by Crippen LogP contribution is -2.61. The summed E-state index contributed by atoms with van der Waals surface area (Å²) >= 11 is 5.14. The van der Waals surface area contributed by atoms with Crippen LogP contribution in [0.4, 0.5) is 19.0 Å². The molecule has 11 heteroatoms. The van der Waals surface area contributed by atoms with Crippen LogP contribution in [0, 0.1) is 4.77 Å². The standard InChI is InChI=1S/C21H15F3N4O3S/c22-21(23,24)20(27-16(29)13-9-5-2-6-10-13)14-15(25-18(20)31)28(19(32)26-17(14)30)11-12-7-3-1-4-8-12/h1-10H,11H2,(H,25,31)(H,27,29)(H,26,30,32)/t20-/m1/s1. The second-order valence-electron chi connectivity index (χ2n) is 7.08. The maximum Gasteiger partial charge on any atom is 0.425 e. The molecule has 0 fully saturated rings. The third-order valence-corrected chi connectivity index (χ3v) is 5.42. The summed E-state index contributed by atoms with van der Waals surface area (Å²) in [6, 6.07) is 15.7. The molecule has 0 saturated carbocycles. The Morgan fingerprint density at radius 2 is 1.62 bits per heavy atom. The van der Waals surface area contributed by atoms with Gasteiger partial charge in [-0.25, -0.2) is 0 Å². The van der Waals surface area contributed by atoms with Gasteiger partial charge >= 0.3 is 6.18 Å². The Bertz CT molecular complexity index is 1320. The van der Waals surface area contributed by atoms with Gasteiger partial charge in [0.25, 0.3) is 22.9 Å². The molecular formula is C21H15F3N4O3S. The van der Waals surface area contributed by atoms with Gasteiger partial charge in [-0.3, -0.25) is 23.9 Å². The lowest BCUT2D eigenvalue weighted by molar-refractivity contribution is -0.196. The van der Waals surface area contributed by atoms with Crippen molar-refractivity contribution in [3.63, 3.8) is 0 Å². The van der Waals surface area contributed by atoms with Crippen LogP contribution in [0.15, 0.2) is 65.5 Å². The molecule has 0 bridgehead atoms. The van der Waals surface area contributed by atoms with Crippen LogP contribution in [0.1, 0.15) is 21.5 Å². The van der Waals surface area contributed by atoms with Crippen LogP contribution in [-0.4, -0.2) is 27.5 Å². The van der Waals surface area contributed by atoms with E-state index in [9.17, 15) is 27.6 Å². The van der Waals surface area contributed by atoms with E-state index in [0.717, 1.165) is 0 Å². The Kier molecular flexibility index (Phi) is 5.21. The number of hydrogen-bond acceptors (Lipinski definition) is 4. The number of aromatic amines is 1. The third-order valence-electron chi connectivity index (χ3n) is 5.09. The molecule has 2 amide bonds. The first kappa shape index (κ1) is 21.5. The van der Waals surface area contributed by atoms with Gasteiger partial charge in [0.2, 0.25) is 0 Å². The Labute approximate surface area is 183 Å². The summed E-state index contributed by atoms with van der Waals surface area (Å²) < 4.78 is 44.2. The van der Waals surface area contributed by atoms with Gasteiger partial charge < -0.3 is 10.6 Å². The minimum atomic E-state index is -5.33. The van der Waals surface area contributed by atoms with Crippen molar-refractivity contribution in [3.8, 4) is 0 Å². The molecule has 1 aliphatic rings. The first-order valence-corrected chi connectivity index (χ1v) is 9.73. The second kappa shape index (κ2) is 7.75. The summed E-state index contributed by atoms with van der Waals surface area (Å²) in [5.41, 5.74) is -5.22. The molecule has 1 atom stereocenters. The molecule has 4 rings (SSSR count). The fraction of sp³-hybridized carbons (Fsp3) is 0.143. The van der Waals surface area contributed by atoms with Crippen LogP contribution >= 0.6 is 12.2 Å². The highest BCUT2D eigenvalue weighted by Crippen LogP contribution is 2.45. The van der Waals surface area contributed by atoms with E-state index in [-0.39, 0.29) is 16.9 Å². The molecule has 0 aliphatic carbocycles. The van der Waals surface area contributed by atoms with Crippen LogP contribution in [0.5, 0.6) is 0 Å². The lowest BCUT2D eigenvalue weighted by Gasteiger charge is -2.30. The van der Waals surface area contributed by atoms with Gasteiger partial charge in [0, 0.05) is 5.56 Å². The first-order chi connectivity index (χ1) is 15.1. The number of halogens is 3. The fourth-order valence-corrected chi connectivity index (χ4v) is 3.82. The number of nitrogens with one attached hydrogen (secondary N) is 3. The maximum atomic E-state index is 14.4. The van der Waals surface area contributed by atoms with Gasteiger partial charge in [0.05, 0.1) is 6.54 Å². The molecule has 2 aromatic carbocycles. The van der Waals surface area contributed by atoms with E-state index in [1.54, 1.807) is 41.7 Å². The number of H-pyrrole nitrogens is 1. The predicted octanol–water partition coefficient (Wildman–Crippen LogP) is 3.09. The van der Waals surface area contributed by atoms with Gasteiger partial charge in [-0.05, 0) is 29.9 Å². The Balaban J connectivity index is 1.91. The number of nitrogens with zero attached hydrogens (tertiary/aromatic N) is 1. The topological polar surface area (TPSA) is 96.0 Å². The average molecular weight is 460 g/mol. The van der Waals surface area contributed by atoms with E-state index in [0.29, 0.717) is 5.56 Å². The molecule has 1 aromatic heterocycles. The largest absolute Gasteiger partial charge is 0.425 e. The van der Waals surface area contributed by atoms with Gasteiger partial charge in [-0.2, -0.15) is 13.2 Å². The minimum Gasteiger partial charge on any atom is -0.326 e. The molecule has 2 heterocycles. The van der Waals surface area contributed by atoms with Crippen molar-refractivity contribution in [2.45, 2.75) is 18.3 Å². The molecule has 32 heavy (non-hydrogen) atoms. The number of hydrogen-bond donors (Lipinski definition) is 3. The number of aromatic nitrogens is 2. The molecule has 7 nitrogen and oxygen atoms in total. The Hall–Kier alpha value is -3.73. The number of alkyl halides is 3. The first-order valence-electron chi connectivity index (χ1n) is 9.32. The number of carbonyl (C=O) groups is 2.